The number of ether oxygens (including phenoxy) is 1. The number of nitrogens with one attached hydrogen (secondary N) is 2. The molecule has 0 amide bonds. The van der Waals surface area contributed by atoms with Crippen LogP contribution in [0.3, 0.4) is 0 Å². The molecule has 1 rings (SSSR count). The molecule has 0 saturated heterocycles. The van der Waals surface area contributed by atoms with E-state index in [2.05, 4.69) is 10.0 Å². The van der Waals surface area contributed by atoms with Crippen molar-refractivity contribution in [2.75, 3.05) is 24.1 Å². The monoisotopic (exact) mass is 352 g/mol. The van der Waals surface area contributed by atoms with E-state index >= 15 is 0 Å². The molecule has 3 N–H and O–H groups in total. The third kappa shape index (κ3) is 7.31. The zero-order valence-electron chi connectivity index (χ0n) is 13.3. The molecule has 0 fully saturated rings. The second-order valence-electron chi connectivity index (χ2n) is 5.16. The lowest BCUT2D eigenvalue weighted by Gasteiger charge is -2.20. The van der Waals surface area contributed by atoms with Gasteiger partial charge in [-0.15, -0.1) is 12.4 Å². The van der Waals surface area contributed by atoms with Crippen molar-refractivity contribution in [1.82, 2.24) is 5.32 Å². The molecule has 0 heterocycles. The Bertz CT molecular complexity index is 564. The van der Waals surface area contributed by atoms with Crippen molar-refractivity contribution in [1.29, 1.82) is 0 Å². The minimum Gasteiger partial charge on any atom is -0.506 e. The van der Waals surface area contributed by atoms with Gasteiger partial charge in [0.2, 0.25) is 10.0 Å². The van der Waals surface area contributed by atoms with Crippen molar-refractivity contribution in [2.45, 2.75) is 32.9 Å². The molecular formula is C14H25ClN2O4S. The van der Waals surface area contributed by atoms with Crippen LogP contribution in [-0.4, -0.2) is 39.0 Å². The van der Waals surface area contributed by atoms with Gasteiger partial charge in [0.1, 0.15) is 5.75 Å². The summed E-state index contributed by atoms with van der Waals surface area (Å²) in [7, 11) is -3.45. The first-order chi connectivity index (χ1) is 9.73. The highest BCUT2D eigenvalue weighted by Crippen LogP contribution is 2.29. The number of sulfonamides is 1. The molecule has 0 aliphatic carbocycles. The fraction of sp³-hybridized carbons (Fsp3) is 0.571. The van der Waals surface area contributed by atoms with Crippen LogP contribution in [0.2, 0.25) is 0 Å². The Hall–Kier alpha value is -1.02. The molecule has 1 unspecified atom stereocenters. The maximum Gasteiger partial charge on any atom is 0.229 e. The Morgan fingerprint density at radius 3 is 2.45 bits per heavy atom. The van der Waals surface area contributed by atoms with Gasteiger partial charge in [-0.05, 0) is 24.6 Å². The highest BCUT2D eigenvalue weighted by Gasteiger charge is 2.15. The van der Waals surface area contributed by atoms with Gasteiger partial charge in [0.15, 0.2) is 0 Å². The molecule has 1 aromatic rings. The molecule has 1 aromatic carbocycles. The molecule has 0 aliphatic heterocycles. The number of anilines is 1. The first-order valence-corrected chi connectivity index (χ1v) is 8.77. The van der Waals surface area contributed by atoms with Crippen LogP contribution in [-0.2, 0) is 14.8 Å². The second-order valence-corrected chi connectivity index (χ2v) is 6.91. The summed E-state index contributed by atoms with van der Waals surface area (Å²) < 4.78 is 30.6. The van der Waals surface area contributed by atoms with E-state index in [-0.39, 0.29) is 29.9 Å². The normalized spacial score (nSPS) is 12.8. The predicted molar refractivity (Wildman–Crippen MR) is 91.3 cm³/mol. The van der Waals surface area contributed by atoms with Crippen molar-refractivity contribution < 1.29 is 18.3 Å². The summed E-state index contributed by atoms with van der Waals surface area (Å²) in [5, 5.41) is 13.0. The number of benzene rings is 1. The average Bonchev–Trinajstić information content (AvgIpc) is 2.35. The van der Waals surface area contributed by atoms with E-state index in [1.807, 2.05) is 20.8 Å². The Kier molecular flexibility index (Phi) is 8.77. The highest BCUT2D eigenvalue weighted by molar-refractivity contribution is 7.92. The smallest absolute Gasteiger partial charge is 0.229 e. The van der Waals surface area contributed by atoms with Gasteiger partial charge >= 0.3 is 0 Å². The van der Waals surface area contributed by atoms with Crippen LogP contribution in [0.1, 0.15) is 32.4 Å². The maximum atomic E-state index is 11.3. The van der Waals surface area contributed by atoms with E-state index in [0.717, 1.165) is 11.8 Å². The molecule has 0 saturated carbocycles. The summed E-state index contributed by atoms with van der Waals surface area (Å²) in [4.78, 5) is 0. The fourth-order valence-corrected chi connectivity index (χ4v) is 2.42. The summed E-state index contributed by atoms with van der Waals surface area (Å²) in [6, 6.07) is 5.10. The van der Waals surface area contributed by atoms with E-state index < -0.39 is 10.0 Å². The van der Waals surface area contributed by atoms with E-state index in [1.54, 1.807) is 12.1 Å². The molecule has 0 aliphatic rings. The zero-order valence-corrected chi connectivity index (χ0v) is 14.9. The fourth-order valence-electron chi connectivity index (χ4n) is 1.85. The molecule has 0 aromatic heterocycles. The SMILES string of the molecule is CCOC(CNC(C)C)c1ccc(O)c(NS(C)(=O)=O)c1.Cl. The topological polar surface area (TPSA) is 87.7 Å². The summed E-state index contributed by atoms with van der Waals surface area (Å²) in [5.74, 6) is -0.115. The molecule has 128 valence electrons. The lowest BCUT2D eigenvalue weighted by atomic mass is 10.1. The van der Waals surface area contributed by atoms with Gasteiger partial charge in [-0.2, -0.15) is 0 Å². The number of hydrogen-bond donors (Lipinski definition) is 3. The third-order valence-corrected chi connectivity index (χ3v) is 3.36. The van der Waals surface area contributed by atoms with Crippen molar-refractivity contribution in [2.24, 2.45) is 0 Å². The van der Waals surface area contributed by atoms with Crippen LogP contribution in [0.15, 0.2) is 18.2 Å². The van der Waals surface area contributed by atoms with Gasteiger partial charge in [0.05, 0.1) is 18.0 Å². The van der Waals surface area contributed by atoms with Gasteiger partial charge in [0.25, 0.3) is 0 Å². The van der Waals surface area contributed by atoms with Crippen LogP contribution in [0.4, 0.5) is 5.69 Å². The van der Waals surface area contributed by atoms with Crippen LogP contribution >= 0.6 is 12.4 Å². The maximum absolute atomic E-state index is 11.3. The standard InChI is InChI=1S/C14H24N2O4S.ClH/c1-5-20-14(9-15-10(2)3)11-6-7-13(17)12(8-11)16-21(4,18)19;/h6-8,10,14-17H,5,9H2,1-4H3;1H. The number of phenols is 1. The summed E-state index contributed by atoms with van der Waals surface area (Å²) >= 11 is 0. The molecule has 0 spiro atoms. The lowest BCUT2D eigenvalue weighted by Crippen LogP contribution is -2.29. The molecule has 0 bridgehead atoms. The largest absolute Gasteiger partial charge is 0.506 e. The highest BCUT2D eigenvalue weighted by atomic mass is 35.5. The minimum absolute atomic E-state index is 0. The Morgan fingerprint density at radius 2 is 1.95 bits per heavy atom. The van der Waals surface area contributed by atoms with E-state index in [1.165, 1.54) is 6.07 Å². The first kappa shape index (κ1) is 21.0. The summed E-state index contributed by atoms with van der Waals surface area (Å²) in [5.41, 5.74) is 0.957. The number of rotatable bonds is 8. The molecular weight excluding hydrogens is 328 g/mol. The lowest BCUT2D eigenvalue weighted by molar-refractivity contribution is 0.0610. The number of phenolic OH excluding ortho intramolecular Hbond substituents is 1. The third-order valence-electron chi connectivity index (χ3n) is 2.77. The van der Waals surface area contributed by atoms with Gasteiger partial charge in [0, 0.05) is 19.2 Å². The molecule has 8 heteroatoms. The van der Waals surface area contributed by atoms with E-state index in [4.69, 9.17) is 4.74 Å². The second kappa shape index (κ2) is 9.19. The van der Waals surface area contributed by atoms with Crippen LogP contribution in [0.5, 0.6) is 5.75 Å². The van der Waals surface area contributed by atoms with Crippen molar-refractivity contribution in [3.63, 3.8) is 0 Å². The van der Waals surface area contributed by atoms with Gasteiger partial charge < -0.3 is 15.2 Å². The number of aromatic hydroxyl groups is 1. The van der Waals surface area contributed by atoms with Crippen molar-refractivity contribution >= 4 is 28.1 Å². The zero-order chi connectivity index (χ0) is 16.0. The van der Waals surface area contributed by atoms with Crippen LogP contribution < -0.4 is 10.0 Å². The quantitative estimate of drug-likeness (QED) is 0.625. The number of halogens is 1. The minimum atomic E-state index is -3.45. The first-order valence-electron chi connectivity index (χ1n) is 6.88. The molecule has 6 nitrogen and oxygen atoms in total. The van der Waals surface area contributed by atoms with Gasteiger partial charge in [-0.25, -0.2) is 8.42 Å². The average molecular weight is 353 g/mol. The molecule has 1 atom stereocenters. The molecule has 0 radical (unpaired) electrons. The van der Waals surface area contributed by atoms with E-state index in [0.29, 0.717) is 19.2 Å². The number of hydrogen-bond acceptors (Lipinski definition) is 5. The Balaban J connectivity index is 0.00000441. The van der Waals surface area contributed by atoms with Gasteiger partial charge in [-0.3, -0.25) is 4.72 Å². The van der Waals surface area contributed by atoms with E-state index in [9.17, 15) is 13.5 Å². The van der Waals surface area contributed by atoms with Crippen molar-refractivity contribution in [3.8, 4) is 5.75 Å². The molecule has 22 heavy (non-hydrogen) atoms. The predicted octanol–water partition coefficient (Wildman–Crippen LogP) is 2.26. The van der Waals surface area contributed by atoms with Crippen molar-refractivity contribution in [3.05, 3.63) is 23.8 Å². The van der Waals surface area contributed by atoms with Gasteiger partial charge in [-0.1, -0.05) is 19.9 Å². The van der Waals surface area contributed by atoms with Crippen LogP contribution in [0.25, 0.3) is 0 Å². The van der Waals surface area contributed by atoms with Crippen LogP contribution in [0, 0.1) is 0 Å². The summed E-state index contributed by atoms with van der Waals surface area (Å²) in [6.45, 7) is 7.13. The Morgan fingerprint density at radius 1 is 1.32 bits per heavy atom. The summed E-state index contributed by atoms with van der Waals surface area (Å²) in [6.07, 6.45) is 0.831. The Labute approximate surface area is 138 Å².